The molecule has 4 rings (SSSR count). The highest BCUT2D eigenvalue weighted by Crippen LogP contribution is 2.31. The second-order valence-electron chi connectivity index (χ2n) is 6.74. The summed E-state index contributed by atoms with van der Waals surface area (Å²) in [5.41, 5.74) is 2.47. The topological polar surface area (TPSA) is 83.4 Å². The first-order valence-electron chi connectivity index (χ1n) is 9.70. The molecule has 0 aliphatic carbocycles. The highest BCUT2D eigenvalue weighted by molar-refractivity contribution is 6.31. The lowest BCUT2D eigenvalue weighted by Crippen LogP contribution is -2.11. The first-order chi connectivity index (χ1) is 15.6. The van der Waals surface area contributed by atoms with Crippen molar-refractivity contribution in [3.05, 3.63) is 95.1 Å². The Morgan fingerprint density at radius 1 is 0.875 bits per heavy atom. The van der Waals surface area contributed by atoms with E-state index in [9.17, 15) is 9.59 Å². The van der Waals surface area contributed by atoms with Crippen LogP contribution in [0.4, 0.5) is 0 Å². The first kappa shape index (κ1) is 20.9. The van der Waals surface area contributed by atoms with Gasteiger partial charge in [-0.15, -0.1) is 0 Å². The Hall–Kier alpha value is -4.39. The molecule has 32 heavy (non-hydrogen) atoms. The number of para-hydroxylation sites is 1. The maximum atomic E-state index is 12.6. The van der Waals surface area contributed by atoms with Crippen molar-refractivity contribution in [1.82, 2.24) is 0 Å². The maximum absolute atomic E-state index is 12.6. The molecule has 0 atom stereocenters. The van der Waals surface area contributed by atoms with Gasteiger partial charge in [0.25, 0.3) is 0 Å². The number of ether oxygens (including phenoxy) is 3. The van der Waals surface area contributed by atoms with Crippen LogP contribution in [-0.2, 0) is 9.63 Å². The molecule has 1 heterocycles. The molecule has 0 bridgehead atoms. The number of carbonyl (C=O) groups is 2. The van der Waals surface area contributed by atoms with Gasteiger partial charge in [-0.25, -0.2) is 9.59 Å². The highest BCUT2D eigenvalue weighted by Gasteiger charge is 2.27. The van der Waals surface area contributed by atoms with E-state index in [4.69, 9.17) is 19.0 Å². The first-order valence-corrected chi connectivity index (χ1v) is 9.70. The van der Waals surface area contributed by atoms with Crippen molar-refractivity contribution < 1.29 is 28.6 Å². The lowest BCUT2D eigenvalue weighted by Gasteiger charge is -2.12. The van der Waals surface area contributed by atoms with Crippen molar-refractivity contribution in [1.29, 1.82) is 0 Å². The van der Waals surface area contributed by atoms with Gasteiger partial charge < -0.3 is 19.0 Å². The Bertz CT molecular complexity index is 1230. The Morgan fingerprint density at radius 3 is 2.34 bits per heavy atom. The van der Waals surface area contributed by atoms with Crippen molar-refractivity contribution in [2.24, 2.45) is 5.16 Å². The number of benzene rings is 3. The number of rotatable bonds is 6. The number of nitrogens with zero attached hydrogens (tertiary/aromatic N) is 1. The molecular weight excluding hydrogens is 410 g/mol. The summed E-state index contributed by atoms with van der Waals surface area (Å²) in [4.78, 5) is 29.7. The summed E-state index contributed by atoms with van der Waals surface area (Å²) in [5, 5.41) is 3.90. The van der Waals surface area contributed by atoms with Gasteiger partial charge >= 0.3 is 11.9 Å². The molecule has 3 aromatic rings. The van der Waals surface area contributed by atoms with Crippen LogP contribution in [0.2, 0.25) is 0 Å². The van der Waals surface area contributed by atoms with E-state index in [1.165, 1.54) is 14.2 Å². The maximum Gasteiger partial charge on any atom is 0.368 e. The molecule has 1 aliphatic heterocycles. The summed E-state index contributed by atoms with van der Waals surface area (Å²) in [6.45, 7) is 0. The molecule has 0 spiro atoms. The molecule has 0 amide bonds. The van der Waals surface area contributed by atoms with Crippen LogP contribution < -0.4 is 14.2 Å². The molecule has 160 valence electrons. The van der Waals surface area contributed by atoms with Gasteiger partial charge in [0.05, 0.1) is 19.8 Å². The zero-order valence-corrected chi connectivity index (χ0v) is 17.4. The molecule has 0 N–H and O–H groups in total. The summed E-state index contributed by atoms with van der Waals surface area (Å²) < 4.78 is 16.1. The van der Waals surface area contributed by atoms with E-state index < -0.39 is 11.9 Å². The molecule has 0 unspecified atom stereocenters. The van der Waals surface area contributed by atoms with E-state index in [-0.39, 0.29) is 5.75 Å². The molecule has 0 saturated heterocycles. The standard InChI is InChI=1S/C25H19NO6/c1-29-20-11-7-6-10-18(20)24(27)31-21-13-12-16(15-22(21)30-2)14-19-23(26-32-25(19)28)17-8-4-3-5-9-17/h3-15H,1-2H3. The summed E-state index contributed by atoms with van der Waals surface area (Å²) in [7, 11) is 2.95. The van der Waals surface area contributed by atoms with Gasteiger partial charge in [0, 0.05) is 5.56 Å². The minimum Gasteiger partial charge on any atom is -0.496 e. The summed E-state index contributed by atoms with van der Waals surface area (Å²) in [5.74, 6) is -0.159. The Kier molecular flexibility index (Phi) is 5.98. The molecule has 0 saturated carbocycles. The van der Waals surface area contributed by atoms with Gasteiger partial charge in [-0.1, -0.05) is 53.7 Å². The second-order valence-corrected chi connectivity index (χ2v) is 6.74. The quantitative estimate of drug-likeness (QED) is 0.252. The van der Waals surface area contributed by atoms with Crippen LogP contribution in [-0.4, -0.2) is 31.9 Å². The average Bonchev–Trinajstić information content (AvgIpc) is 3.20. The molecule has 3 aromatic carbocycles. The molecule has 0 aromatic heterocycles. The third-order valence-electron chi connectivity index (χ3n) is 4.77. The fourth-order valence-electron chi connectivity index (χ4n) is 3.21. The average molecular weight is 429 g/mol. The van der Waals surface area contributed by atoms with E-state index in [1.807, 2.05) is 30.3 Å². The predicted molar refractivity (Wildman–Crippen MR) is 118 cm³/mol. The fourth-order valence-corrected chi connectivity index (χ4v) is 3.21. The Labute approximate surface area is 184 Å². The van der Waals surface area contributed by atoms with Crippen molar-refractivity contribution in [2.75, 3.05) is 14.2 Å². The zero-order valence-electron chi connectivity index (χ0n) is 17.4. The minimum absolute atomic E-state index is 0.233. The van der Waals surface area contributed by atoms with Gasteiger partial charge in [0.1, 0.15) is 17.0 Å². The Morgan fingerprint density at radius 2 is 1.59 bits per heavy atom. The molecule has 7 heteroatoms. The van der Waals surface area contributed by atoms with Crippen molar-refractivity contribution in [3.8, 4) is 17.2 Å². The third-order valence-corrected chi connectivity index (χ3v) is 4.77. The van der Waals surface area contributed by atoms with Crippen LogP contribution in [0, 0.1) is 0 Å². The van der Waals surface area contributed by atoms with Crippen LogP contribution in [0.25, 0.3) is 6.08 Å². The molecular formula is C25H19NO6. The summed E-state index contributed by atoms with van der Waals surface area (Å²) in [6.07, 6.45) is 1.65. The Balaban J connectivity index is 1.62. The number of carbonyl (C=O) groups excluding carboxylic acids is 2. The highest BCUT2D eigenvalue weighted by atomic mass is 16.7. The predicted octanol–water partition coefficient (Wildman–Crippen LogP) is 4.27. The molecule has 7 nitrogen and oxygen atoms in total. The van der Waals surface area contributed by atoms with Gasteiger partial charge in [0.15, 0.2) is 11.5 Å². The van der Waals surface area contributed by atoms with Gasteiger partial charge in [-0.2, -0.15) is 0 Å². The fraction of sp³-hybridized carbons (Fsp3) is 0.0800. The van der Waals surface area contributed by atoms with E-state index in [2.05, 4.69) is 5.16 Å². The second kappa shape index (κ2) is 9.18. The van der Waals surface area contributed by atoms with E-state index >= 15 is 0 Å². The van der Waals surface area contributed by atoms with E-state index in [0.29, 0.717) is 33.9 Å². The van der Waals surface area contributed by atoms with E-state index in [0.717, 1.165) is 5.56 Å². The minimum atomic E-state index is -0.579. The number of methoxy groups -OCH3 is 2. The van der Waals surface area contributed by atoms with Crippen LogP contribution in [0.3, 0.4) is 0 Å². The number of hydrogen-bond donors (Lipinski definition) is 0. The van der Waals surface area contributed by atoms with E-state index in [1.54, 1.807) is 48.5 Å². The van der Waals surface area contributed by atoms with Gasteiger partial charge in [0.2, 0.25) is 0 Å². The number of hydrogen-bond acceptors (Lipinski definition) is 7. The largest absolute Gasteiger partial charge is 0.496 e. The van der Waals surface area contributed by atoms with Crippen molar-refractivity contribution >= 4 is 23.7 Å². The summed E-state index contributed by atoms with van der Waals surface area (Å²) >= 11 is 0. The zero-order chi connectivity index (χ0) is 22.5. The molecule has 0 fully saturated rings. The van der Waals surface area contributed by atoms with Crippen LogP contribution in [0.1, 0.15) is 21.5 Å². The molecule has 0 radical (unpaired) electrons. The van der Waals surface area contributed by atoms with Crippen LogP contribution in [0.5, 0.6) is 17.2 Å². The van der Waals surface area contributed by atoms with Crippen molar-refractivity contribution in [2.45, 2.75) is 0 Å². The van der Waals surface area contributed by atoms with Crippen LogP contribution >= 0.6 is 0 Å². The van der Waals surface area contributed by atoms with Crippen LogP contribution in [0.15, 0.2) is 83.5 Å². The third kappa shape index (κ3) is 4.22. The normalized spacial score (nSPS) is 14.0. The smallest absolute Gasteiger partial charge is 0.368 e. The number of esters is 1. The number of oxime groups is 1. The summed E-state index contributed by atoms with van der Waals surface area (Å²) in [6, 6.07) is 21.0. The van der Waals surface area contributed by atoms with Crippen molar-refractivity contribution in [3.63, 3.8) is 0 Å². The SMILES string of the molecule is COc1cc(C=C2C(=O)ON=C2c2ccccc2)ccc1OC(=O)c1ccccc1OC. The monoisotopic (exact) mass is 429 g/mol. The lowest BCUT2D eigenvalue weighted by atomic mass is 10.0. The van der Waals surface area contributed by atoms with Gasteiger partial charge in [-0.3, -0.25) is 0 Å². The molecule has 1 aliphatic rings. The lowest BCUT2D eigenvalue weighted by molar-refractivity contribution is -0.136. The van der Waals surface area contributed by atoms with Gasteiger partial charge in [-0.05, 0) is 35.9 Å².